The van der Waals surface area contributed by atoms with E-state index in [0.29, 0.717) is 13.2 Å². The fraction of sp³-hybridized carbons (Fsp3) is 0.846. The van der Waals surface area contributed by atoms with Gasteiger partial charge in [-0.25, -0.2) is 0 Å². The summed E-state index contributed by atoms with van der Waals surface area (Å²) in [5, 5.41) is 0. The largest absolute Gasteiger partial charge is 0.393 e. The van der Waals surface area contributed by atoms with Crippen LogP contribution < -0.4 is 0 Å². The van der Waals surface area contributed by atoms with Gasteiger partial charge in [0.2, 0.25) is 0 Å². The van der Waals surface area contributed by atoms with Crippen LogP contribution in [-0.2, 0) is 23.8 Å². The summed E-state index contributed by atoms with van der Waals surface area (Å²) in [5.41, 5.74) is 0. The molecule has 0 radical (unpaired) electrons. The average Bonchev–Trinajstić information content (AvgIpc) is 2.70. The minimum absolute atomic E-state index is 0.0620. The molecule has 0 aromatic rings. The highest BCUT2D eigenvalue weighted by atomic mass is 28.2. The predicted molar refractivity (Wildman–Crippen MR) is 73.4 cm³/mol. The second-order valence-electron chi connectivity index (χ2n) is 4.80. The zero-order valence-corrected chi connectivity index (χ0v) is 13.3. The van der Waals surface area contributed by atoms with Crippen molar-refractivity contribution in [1.29, 1.82) is 0 Å². The van der Waals surface area contributed by atoms with Gasteiger partial charge in [-0.05, 0) is 19.3 Å². The number of esters is 2. The summed E-state index contributed by atoms with van der Waals surface area (Å²) in [6.07, 6.45) is 2.91. The van der Waals surface area contributed by atoms with Gasteiger partial charge in [0.05, 0.1) is 21.9 Å². The van der Waals surface area contributed by atoms with Gasteiger partial charge in [-0.2, -0.15) is 0 Å². The molecule has 0 bridgehead atoms. The minimum Gasteiger partial charge on any atom is -0.393 e. The van der Waals surface area contributed by atoms with Crippen LogP contribution in [0.4, 0.5) is 0 Å². The first-order valence-electron chi connectivity index (χ1n) is 7.15. The highest BCUT2D eigenvalue weighted by molar-refractivity contribution is 6.36. The number of hydrogen-bond donors (Lipinski definition) is 0. The topological polar surface area (TPSA) is 61.8 Å². The van der Waals surface area contributed by atoms with E-state index in [1.165, 1.54) is 0 Å². The molecule has 0 spiro atoms. The lowest BCUT2D eigenvalue weighted by Crippen LogP contribution is -2.26. The number of ether oxygens (including phenoxy) is 3. The van der Waals surface area contributed by atoms with E-state index < -0.39 is 15.5 Å². The van der Waals surface area contributed by atoms with Crippen molar-refractivity contribution in [1.82, 2.24) is 0 Å². The summed E-state index contributed by atoms with van der Waals surface area (Å²) >= 11 is 0. The molecule has 1 unspecified atom stereocenters. The van der Waals surface area contributed by atoms with Gasteiger partial charge in [-0.15, -0.1) is 0 Å². The Kier molecular flexibility index (Phi) is 7.93. The molecule has 1 aliphatic rings. The molecule has 1 heterocycles. The Morgan fingerprint density at radius 1 is 1.26 bits per heavy atom. The minimum atomic E-state index is -0.552. The molecule has 0 N–H and O–H groups in total. The van der Waals surface area contributed by atoms with E-state index in [-0.39, 0.29) is 24.2 Å². The normalized spacial score (nSPS) is 19.8. The SMILES string of the molecule is CCCOC(OCCC)[SiH2]CCC1CC(=O)OC1=O. The van der Waals surface area contributed by atoms with E-state index in [1.807, 2.05) is 0 Å². The first-order valence-corrected chi connectivity index (χ1v) is 8.96. The lowest BCUT2D eigenvalue weighted by atomic mass is 10.1. The summed E-state index contributed by atoms with van der Waals surface area (Å²) in [6.45, 7) is 5.56. The van der Waals surface area contributed by atoms with E-state index in [1.54, 1.807) is 0 Å². The van der Waals surface area contributed by atoms with Crippen LogP contribution in [-0.4, -0.2) is 40.6 Å². The van der Waals surface area contributed by atoms with E-state index in [2.05, 4.69) is 18.6 Å². The van der Waals surface area contributed by atoms with Crippen molar-refractivity contribution < 1.29 is 23.8 Å². The molecule has 0 saturated carbocycles. The second kappa shape index (κ2) is 9.22. The molecule has 1 fully saturated rings. The van der Waals surface area contributed by atoms with Crippen molar-refractivity contribution in [3.63, 3.8) is 0 Å². The van der Waals surface area contributed by atoms with Gasteiger partial charge in [0.1, 0.15) is 5.91 Å². The van der Waals surface area contributed by atoms with Crippen molar-refractivity contribution in [3.05, 3.63) is 0 Å². The third-order valence-electron chi connectivity index (χ3n) is 2.97. The maximum absolute atomic E-state index is 11.3. The van der Waals surface area contributed by atoms with Crippen LogP contribution in [0, 0.1) is 5.92 Å². The van der Waals surface area contributed by atoms with Gasteiger partial charge in [0.15, 0.2) is 0 Å². The monoisotopic (exact) mass is 288 g/mol. The van der Waals surface area contributed by atoms with E-state index in [4.69, 9.17) is 9.47 Å². The molecule has 110 valence electrons. The molecule has 1 aliphatic heterocycles. The number of carbonyl (C=O) groups excluding carboxylic acids is 2. The Morgan fingerprint density at radius 2 is 1.89 bits per heavy atom. The smallest absolute Gasteiger partial charge is 0.317 e. The molecular weight excluding hydrogens is 264 g/mol. The molecule has 1 atom stereocenters. The summed E-state index contributed by atoms with van der Waals surface area (Å²) in [4.78, 5) is 22.3. The standard InChI is InChI=1S/C13H24O5Si/c1-3-6-16-13(17-7-4-2)19-8-5-10-9-11(14)18-12(10)15/h10,13H,3-9,19H2,1-2H3. The van der Waals surface area contributed by atoms with Gasteiger partial charge < -0.3 is 14.2 Å². The van der Waals surface area contributed by atoms with Gasteiger partial charge in [0, 0.05) is 13.2 Å². The Hall–Kier alpha value is -0.723. The third-order valence-corrected chi connectivity index (χ3v) is 4.73. The molecule has 0 aliphatic carbocycles. The number of rotatable bonds is 10. The Labute approximate surface area is 116 Å². The van der Waals surface area contributed by atoms with Crippen molar-refractivity contribution in [2.45, 2.75) is 51.5 Å². The van der Waals surface area contributed by atoms with Crippen LogP contribution in [0.2, 0.25) is 6.04 Å². The maximum Gasteiger partial charge on any atom is 0.317 e. The van der Waals surface area contributed by atoms with E-state index >= 15 is 0 Å². The number of hydrogen-bond acceptors (Lipinski definition) is 5. The summed E-state index contributed by atoms with van der Waals surface area (Å²) in [6, 6.07) is 0.936. The van der Waals surface area contributed by atoms with Crippen LogP contribution >= 0.6 is 0 Å². The van der Waals surface area contributed by atoms with Crippen molar-refractivity contribution in [3.8, 4) is 0 Å². The molecule has 0 aromatic heterocycles. The maximum atomic E-state index is 11.3. The van der Waals surface area contributed by atoms with Crippen LogP contribution in [0.3, 0.4) is 0 Å². The molecule has 6 heteroatoms. The molecule has 19 heavy (non-hydrogen) atoms. The molecule has 0 amide bonds. The lowest BCUT2D eigenvalue weighted by molar-refractivity contribution is -0.153. The zero-order chi connectivity index (χ0) is 14.1. The predicted octanol–water partition coefficient (Wildman–Crippen LogP) is 1.19. The third kappa shape index (κ3) is 6.31. The number of cyclic esters (lactones) is 2. The van der Waals surface area contributed by atoms with Crippen LogP contribution in [0.5, 0.6) is 0 Å². The highest BCUT2D eigenvalue weighted by Crippen LogP contribution is 2.21. The number of carbonyl (C=O) groups is 2. The lowest BCUT2D eigenvalue weighted by Gasteiger charge is -2.18. The first kappa shape index (κ1) is 16.3. The Morgan fingerprint density at radius 3 is 2.37 bits per heavy atom. The molecule has 1 saturated heterocycles. The van der Waals surface area contributed by atoms with Gasteiger partial charge >= 0.3 is 11.9 Å². The van der Waals surface area contributed by atoms with Crippen molar-refractivity contribution >= 4 is 21.5 Å². The quantitative estimate of drug-likeness (QED) is 0.261. The zero-order valence-electron chi connectivity index (χ0n) is 11.9. The molecule has 5 nitrogen and oxygen atoms in total. The van der Waals surface area contributed by atoms with Crippen LogP contribution in [0.25, 0.3) is 0 Å². The Bertz CT molecular complexity index is 287. The van der Waals surface area contributed by atoms with Gasteiger partial charge in [-0.1, -0.05) is 19.9 Å². The fourth-order valence-corrected chi connectivity index (χ4v) is 3.71. The van der Waals surface area contributed by atoms with Crippen LogP contribution in [0.1, 0.15) is 39.5 Å². The fourth-order valence-electron chi connectivity index (χ4n) is 1.99. The van der Waals surface area contributed by atoms with Crippen LogP contribution in [0.15, 0.2) is 0 Å². The summed E-state index contributed by atoms with van der Waals surface area (Å²) < 4.78 is 15.9. The Balaban J connectivity index is 2.22. The van der Waals surface area contributed by atoms with E-state index in [0.717, 1.165) is 25.3 Å². The molecule has 1 rings (SSSR count). The van der Waals surface area contributed by atoms with E-state index in [9.17, 15) is 9.59 Å². The molecule has 0 aromatic carbocycles. The summed E-state index contributed by atoms with van der Waals surface area (Å²) in [7, 11) is -0.552. The van der Waals surface area contributed by atoms with Gasteiger partial charge in [-0.3, -0.25) is 9.59 Å². The van der Waals surface area contributed by atoms with Crippen molar-refractivity contribution in [2.24, 2.45) is 5.92 Å². The second-order valence-corrected chi connectivity index (χ2v) is 6.75. The highest BCUT2D eigenvalue weighted by Gasteiger charge is 2.32. The average molecular weight is 288 g/mol. The summed E-state index contributed by atoms with van der Waals surface area (Å²) in [5.74, 6) is -1.05. The first-order chi connectivity index (χ1) is 9.17. The van der Waals surface area contributed by atoms with Gasteiger partial charge in [0.25, 0.3) is 0 Å². The van der Waals surface area contributed by atoms with Crippen molar-refractivity contribution in [2.75, 3.05) is 13.2 Å². The molecular formula is C13H24O5Si.